The van der Waals surface area contributed by atoms with Crippen LogP contribution in [0.1, 0.15) is 36.1 Å². The number of hydrogen-bond acceptors (Lipinski definition) is 3. The van der Waals surface area contributed by atoms with E-state index in [4.69, 9.17) is 4.74 Å². The summed E-state index contributed by atoms with van der Waals surface area (Å²) in [5, 5.41) is 2.32. The van der Waals surface area contributed by atoms with E-state index < -0.39 is 0 Å². The summed E-state index contributed by atoms with van der Waals surface area (Å²) in [5.74, 6) is 0.906. The van der Waals surface area contributed by atoms with E-state index in [1.54, 1.807) is 7.11 Å². The number of hydrogen-bond donors (Lipinski definition) is 0. The van der Waals surface area contributed by atoms with E-state index in [-0.39, 0.29) is 0 Å². The van der Waals surface area contributed by atoms with Gasteiger partial charge in [-0.25, -0.2) is 0 Å². The molecule has 0 aliphatic carbocycles. The van der Waals surface area contributed by atoms with Gasteiger partial charge < -0.3 is 9.64 Å². The summed E-state index contributed by atoms with van der Waals surface area (Å²) < 4.78 is 5.50. The number of piperidine rings is 1. The second-order valence-electron chi connectivity index (χ2n) is 7.18. The Kier molecular flexibility index (Phi) is 5.10. The van der Waals surface area contributed by atoms with Crippen LogP contribution in [0.5, 0.6) is 5.75 Å². The monoisotopic (exact) mass is 358 g/mol. The fraction of sp³-hybridized carbons (Fsp3) is 0.292. The van der Waals surface area contributed by atoms with Crippen LogP contribution in [0, 0.1) is 6.92 Å². The molecule has 27 heavy (non-hydrogen) atoms. The molecule has 0 radical (unpaired) electrons. The van der Waals surface area contributed by atoms with Gasteiger partial charge in [0, 0.05) is 30.4 Å². The van der Waals surface area contributed by atoms with Gasteiger partial charge in [0.15, 0.2) is 0 Å². The molecule has 1 aliphatic rings. The number of ether oxygens (including phenoxy) is 1. The molecular formula is C24H26N2O. The Morgan fingerprint density at radius 1 is 0.963 bits per heavy atom. The van der Waals surface area contributed by atoms with Crippen LogP contribution in [0.15, 0.2) is 48.7 Å². The summed E-state index contributed by atoms with van der Waals surface area (Å²) in [6.45, 7) is 4.45. The van der Waals surface area contributed by atoms with Crippen molar-refractivity contribution in [3.63, 3.8) is 0 Å². The number of fused-ring (bicyclic) bond motifs is 1. The van der Waals surface area contributed by atoms with E-state index in [1.165, 1.54) is 41.5 Å². The number of nitrogens with zero attached hydrogens (tertiary/aromatic N) is 2. The Morgan fingerprint density at radius 3 is 2.56 bits per heavy atom. The van der Waals surface area contributed by atoms with Crippen molar-refractivity contribution < 1.29 is 4.74 Å². The van der Waals surface area contributed by atoms with Gasteiger partial charge in [0.2, 0.25) is 0 Å². The number of pyridine rings is 1. The predicted molar refractivity (Wildman–Crippen MR) is 114 cm³/mol. The van der Waals surface area contributed by atoms with E-state index in [2.05, 4.69) is 59.3 Å². The third kappa shape index (κ3) is 3.68. The minimum Gasteiger partial charge on any atom is -0.496 e. The number of rotatable bonds is 4. The molecule has 4 rings (SSSR count). The maximum Gasteiger partial charge on any atom is 0.126 e. The Morgan fingerprint density at radius 2 is 1.74 bits per heavy atom. The number of aryl methyl sites for hydroxylation is 1. The number of anilines is 1. The summed E-state index contributed by atoms with van der Waals surface area (Å²) in [6, 6.07) is 14.7. The van der Waals surface area contributed by atoms with Gasteiger partial charge in [-0.2, -0.15) is 0 Å². The highest BCUT2D eigenvalue weighted by atomic mass is 16.5. The lowest BCUT2D eigenvalue weighted by Crippen LogP contribution is -2.30. The molecule has 1 aliphatic heterocycles. The van der Waals surface area contributed by atoms with Crippen molar-refractivity contribution in [3.05, 3.63) is 65.5 Å². The highest BCUT2D eigenvalue weighted by Gasteiger charge is 2.13. The molecule has 0 atom stereocenters. The molecule has 0 unspecified atom stereocenters. The Hall–Kier alpha value is -2.81. The van der Waals surface area contributed by atoms with Crippen molar-refractivity contribution in [3.8, 4) is 5.75 Å². The maximum atomic E-state index is 5.50. The summed E-state index contributed by atoms with van der Waals surface area (Å²) in [6.07, 6.45) is 10.2. The zero-order valence-electron chi connectivity index (χ0n) is 16.1. The minimum atomic E-state index is 0.906. The van der Waals surface area contributed by atoms with Crippen molar-refractivity contribution in [1.82, 2.24) is 4.98 Å². The number of benzene rings is 2. The molecule has 3 aromatic rings. The summed E-state index contributed by atoms with van der Waals surface area (Å²) in [7, 11) is 1.72. The molecule has 1 aromatic heterocycles. The molecule has 0 spiro atoms. The molecule has 0 saturated carbocycles. The lowest BCUT2D eigenvalue weighted by Gasteiger charge is -2.30. The van der Waals surface area contributed by atoms with Crippen LogP contribution in [0.2, 0.25) is 0 Å². The molecule has 3 heteroatoms. The Balaban J connectivity index is 1.66. The Labute approximate surface area is 161 Å². The van der Waals surface area contributed by atoms with Crippen LogP contribution in [0.3, 0.4) is 0 Å². The van der Waals surface area contributed by atoms with Gasteiger partial charge in [-0.1, -0.05) is 36.4 Å². The smallest absolute Gasteiger partial charge is 0.126 e. The fourth-order valence-electron chi connectivity index (χ4n) is 3.90. The minimum absolute atomic E-state index is 0.906. The first-order chi connectivity index (χ1) is 13.3. The summed E-state index contributed by atoms with van der Waals surface area (Å²) in [4.78, 5) is 7.13. The molecule has 0 N–H and O–H groups in total. The van der Waals surface area contributed by atoms with E-state index in [0.717, 1.165) is 29.9 Å². The largest absolute Gasteiger partial charge is 0.496 e. The average Bonchev–Trinajstić information content (AvgIpc) is 2.73. The molecule has 2 heterocycles. The summed E-state index contributed by atoms with van der Waals surface area (Å²) in [5.41, 5.74) is 4.75. The summed E-state index contributed by atoms with van der Waals surface area (Å²) >= 11 is 0. The van der Waals surface area contributed by atoms with Crippen molar-refractivity contribution >= 4 is 28.6 Å². The normalized spacial score (nSPS) is 14.8. The van der Waals surface area contributed by atoms with E-state index in [1.807, 2.05) is 18.3 Å². The highest BCUT2D eigenvalue weighted by Crippen LogP contribution is 2.29. The number of methoxy groups -OCH3 is 1. The maximum absolute atomic E-state index is 5.50. The van der Waals surface area contributed by atoms with Gasteiger partial charge in [0.25, 0.3) is 0 Å². The fourth-order valence-corrected chi connectivity index (χ4v) is 3.90. The van der Waals surface area contributed by atoms with E-state index in [9.17, 15) is 0 Å². The van der Waals surface area contributed by atoms with Gasteiger partial charge in [0.05, 0.1) is 12.8 Å². The van der Waals surface area contributed by atoms with Crippen LogP contribution in [-0.2, 0) is 0 Å². The molecule has 1 fully saturated rings. The van der Waals surface area contributed by atoms with Crippen molar-refractivity contribution in [2.24, 2.45) is 0 Å². The van der Waals surface area contributed by atoms with Crippen LogP contribution in [0.25, 0.3) is 22.9 Å². The van der Waals surface area contributed by atoms with E-state index >= 15 is 0 Å². The first-order valence-electron chi connectivity index (χ1n) is 9.71. The molecule has 1 saturated heterocycles. The standard InChI is InChI=1S/C24H26N2O/c1-18-17-25-20(16-23(18)26-14-4-3-5-15-26)13-12-19-8-6-10-22-21(19)9-7-11-24(22)27-2/h6-13,16-17H,3-5,14-15H2,1-2H3. The van der Waals surface area contributed by atoms with Crippen molar-refractivity contribution in [1.29, 1.82) is 0 Å². The topological polar surface area (TPSA) is 25.4 Å². The predicted octanol–water partition coefficient (Wildman–Crippen LogP) is 5.71. The zero-order chi connectivity index (χ0) is 18.6. The van der Waals surface area contributed by atoms with Gasteiger partial charge in [-0.15, -0.1) is 0 Å². The SMILES string of the molecule is COc1cccc2c(C=Cc3cc(N4CCCCC4)c(C)cn3)cccc12. The van der Waals surface area contributed by atoms with Gasteiger partial charge in [0.1, 0.15) is 5.75 Å². The third-order valence-corrected chi connectivity index (χ3v) is 5.36. The van der Waals surface area contributed by atoms with Crippen LogP contribution < -0.4 is 9.64 Å². The third-order valence-electron chi connectivity index (χ3n) is 5.36. The van der Waals surface area contributed by atoms with Crippen LogP contribution >= 0.6 is 0 Å². The lowest BCUT2D eigenvalue weighted by molar-refractivity contribution is 0.420. The molecule has 3 nitrogen and oxygen atoms in total. The van der Waals surface area contributed by atoms with Crippen LogP contribution in [0.4, 0.5) is 5.69 Å². The first kappa shape index (κ1) is 17.6. The Bertz CT molecular complexity index is 971. The van der Waals surface area contributed by atoms with Crippen molar-refractivity contribution in [2.75, 3.05) is 25.1 Å². The quantitative estimate of drug-likeness (QED) is 0.597. The van der Waals surface area contributed by atoms with Gasteiger partial charge >= 0.3 is 0 Å². The molecule has 2 aromatic carbocycles. The average molecular weight is 358 g/mol. The van der Waals surface area contributed by atoms with Gasteiger partial charge in [-0.3, -0.25) is 4.98 Å². The van der Waals surface area contributed by atoms with Gasteiger partial charge in [-0.05, 0) is 60.9 Å². The molecule has 0 amide bonds. The number of aromatic nitrogens is 1. The van der Waals surface area contributed by atoms with E-state index in [0.29, 0.717) is 0 Å². The lowest BCUT2D eigenvalue weighted by atomic mass is 10.0. The molecule has 138 valence electrons. The zero-order valence-corrected chi connectivity index (χ0v) is 16.1. The second kappa shape index (κ2) is 7.83. The van der Waals surface area contributed by atoms with Crippen LogP contribution in [-0.4, -0.2) is 25.2 Å². The molecule has 0 bridgehead atoms. The van der Waals surface area contributed by atoms with Crippen molar-refractivity contribution in [2.45, 2.75) is 26.2 Å². The first-order valence-corrected chi connectivity index (χ1v) is 9.71. The molecular weight excluding hydrogens is 332 g/mol. The highest BCUT2D eigenvalue weighted by molar-refractivity contribution is 5.96. The second-order valence-corrected chi connectivity index (χ2v) is 7.18.